The Hall–Kier alpha value is -1.66. The first-order valence-electron chi connectivity index (χ1n) is 5.95. The highest BCUT2D eigenvalue weighted by atomic mass is 35.5. The SMILES string of the molecule is Cc1csc(CN(C)c2c(C)cc([N+](=O)[O-])cc2Cl)n1. The van der Waals surface area contributed by atoms with E-state index in [9.17, 15) is 10.1 Å². The Morgan fingerprint density at radius 1 is 1.45 bits per heavy atom. The molecular weight excluding hydrogens is 298 g/mol. The molecule has 0 fully saturated rings. The number of nitrogens with zero attached hydrogens (tertiary/aromatic N) is 3. The predicted octanol–water partition coefficient (Wildman–Crippen LogP) is 3.96. The lowest BCUT2D eigenvalue weighted by atomic mass is 10.1. The smallest absolute Gasteiger partial charge is 0.271 e. The second-order valence-electron chi connectivity index (χ2n) is 4.59. The van der Waals surface area contributed by atoms with Crippen LogP contribution in [0.25, 0.3) is 0 Å². The first-order chi connectivity index (χ1) is 9.38. The van der Waals surface area contributed by atoms with Crippen molar-refractivity contribution in [2.75, 3.05) is 11.9 Å². The van der Waals surface area contributed by atoms with E-state index in [1.807, 2.05) is 31.2 Å². The number of thiazole rings is 1. The highest BCUT2D eigenvalue weighted by Crippen LogP contribution is 2.34. The average Bonchev–Trinajstić information content (AvgIpc) is 2.73. The number of benzene rings is 1. The fourth-order valence-electron chi connectivity index (χ4n) is 2.06. The molecule has 0 unspecified atom stereocenters. The molecule has 0 saturated heterocycles. The van der Waals surface area contributed by atoms with Crippen LogP contribution in [0.4, 0.5) is 11.4 Å². The summed E-state index contributed by atoms with van der Waals surface area (Å²) in [4.78, 5) is 16.7. The van der Waals surface area contributed by atoms with Crippen LogP contribution in [0.1, 0.15) is 16.3 Å². The van der Waals surface area contributed by atoms with E-state index in [4.69, 9.17) is 11.6 Å². The topological polar surface area (TPSA) is 59.3 Å². The van der Waals surface area contributed by atoms with Gasteiger partial charge in [-0.15, -0.1) is 11.3 Å². The Bertz CT molecular complexity index is 634. The van der Waals surface area contributed by atoms with Gasteiger partial charge in [0.15, 0.2) is 0 Å². The van der Waals surface area contributed by atoms with Crippen molar-refractivity contribution >= 4 is 34.3 Å². The minimum absolute atomic E-state index is 0.00902. The molecule has 1 heterocycles. The van der Waals surface area contributed by atoms with E-state index in [-0.39, 0.29) is 5.69 Å². The summed E-state index contributed by atoms with van der Waals surface area (Å²) in [6.07, 6.45) is 0. The number of nitro groups is 1. The molecule has 5 nitrogen and oxygen atoms in total. The summed E-state index contributed by atoms with van der Waals surface area (Å²) >= 11 is 7.77. The molecule has 20 heavy (non-hydrogen) atoms. The zero-order chi connectivity index (χ0) is 14.9. The van der Waals surface area contributed by atoms with Crippen LogP contribution in [-0.4, -0.2) is 17.0 Å². The van der Waals surface area contributed by atoms with Crippen molar-refractivity contribution < 1.29 is 4.92 Å². The Kier molecular flexibility index (Phi) is 4.25. The third-order valence-corrected chi connectivity index (χ3v) is 4.11. The molecule has 0 atom stereocenters. The van der Waals surface area contributed by atoms with Crippen LogP contribution in [0.15, 0.2) is 17.5 Å². The third-order valence-electron chi connectivity index (χ3n) is 2.87. The van der Waals surface area contributed by atoms with E-state index in [1.165, 1.54) is 12.1 Å². The molecule has 0 bridgehead atoms. The first-order valence-corrected chi connectivity index (χ1v) is 7.21. The minimum Gasteiger partial charge on any atom is -0.366 e. The number of hydrogen-bond acceptors (Lipinski definition) is 5. The van der Waals surface area contributed by atoms with Crippen molar-refractivity contribution in [2.45, 2.75) is 20.4 Å². The van der Waals surface area contributed by atoms with Gasteiger partial charge in [-0.1, -0.05) is 11.6 Å². The molecule has 106 valence electrons. The predicted molar refractivity (Wildman–Crippen MR) is 81.8 cm³/mol. The van der Waals surface area contributed by atoms with Crippen LogP contribution in [0.2, 0.25) is 5.02 Å². The molecule has 0 spiro atoms. The van der Waals surface area contributed by atoms with Crippen LogP contribution in [0.3, 0.4) is 0 Å². The fourth-order valence-corrected chi connectivity index (χ4v) is 3.29. The molecule has 7 heteroatoms. The maximum atomic E-state index is 10.8. The monoisotopic (exact) mass is 311 g/mol. The van der Waals surface area contributed by atoms with Crippen molar-refractivity contribution in [3.63, 3.8) is 0 Å². The second kappa shape index (κ2) is 5.76. The van der Waals surface area contributed by atoms with Crippen LogP contribution in [0, 0.1) is 24.0 Å². The van der Waals surface area contributed by atoms with Crippen LogP contribution in [0.5, 0.6) is 0 Å². The zero-order valence-electron chi connectivity index (χ0n) is 11.4. The second-order valence-corrected chi connectivity index (χ2v) is 5.94. The molecule has 0 aliphatic heterocycles. The van der Waals surface area contributed by atoms with Gasteiger partial charge in [-0.25, -0.2) is 4.98 Å². The summed E-state index contributed by atoms with van der Waals surface area (Å²) in [5.74, 6) is 0. The standard InChI is InChI=1S/C13H14ClN3O2S/c1-8-4-10(17(18)19)5-11(14)13(8)16(3)6-12-15-9(2)7-20-12/h4-5,7H,6H2,1-3H3. The number of nitro benzene ring substituents is 1. The van der Waals surface area contributed by atoms with Gasteiger partial charge >= 0.3 is 0 Å². The first kappa shape index (κ1) is 14.7. The summed E-state index contributed by atoms with van der Waals surface area (Å²) < 4.78 is 0. The van der Waals surface area contributed by atoms with Gasteiger partial charge in [0.05, 0.1) is 22.2 Å². The van der Waals surface area contributed by atoms with E-state index in [0.29, 0.717) is 11.6 Å². The third kappa shape index (κ3) is 3.08. The van der Waals surface area contributed by atoms with Gasteiger partial charge in [0.2, 0.25) is 0 Å². The van der Waals surface area contributed by atoms with E-state index in [0.717, 1.165) is 22.0 Å². The molecule has 2 aromatic rings. The van der Waals surface area contributed by atoms with Gasteiger partial charge in [-0.3, -0.25) is 10.1 Å². The lowest BCUT2D eigenvalue weighted by Crippen LogP contribution is -2.18. The van der Waals surface area contributed by atoms with Gasteiger partial charge in [-0.2, -0.15) is 0 Å². The average molecular weight is 312 g/mol. The number of non-ortho nitro benzene ring substituents is 1. The number of anilines is 1. The van der Waals surface area contributed by atoms with Crippen molar-refractivity contribution in [2.24, 2.45) is 0 Å². The number of rotatable bonds is 4. The van der Waals surface area contributed by atoms with Crippen LogP contribution >= 0.6 is 22.9 Å². The number of hydrogen-bond donors (Lipinski definition) is 0. The maximum Gasteiger partial charge on any atom is 0.271 e. The van der Waals surface area contributed by atoms with Crippen LogP contribution in [-0.2, 0) is 6.54 Å². The van der Waals surface area contributed by atoms with Gasteiger partial charge in [0, 0.05) is 30.3 Å². The van der Waals surface area contributed by atoms with E-state index < -0.39 is 4.92 Å². The van der Waals surface area contributed by atoms with Crippen molar-refractivity contribution in [3.05, 3.63) is 48.9 Å². The Balaban J connectivity index is 2.30. The molecule has 2 rings (SSSR count). The summed E-state index contributed by atoms with van der Waals surface area (Å²) in [5, 5.41) is 14.2. The number of halogens is 1. The zero-order valence-corrected chi connectivity index (χ0v) is 13.0. The normalized spacial score (nSPS) is 10.6. The largest absolute Gasteiger partial charge is 0.366 e. The van der Waals surface area contributed by atoms with Crippen molar-refractivity contribution in [3.8, 4) is 0 Å². The van der Waals surface area contributed by atoms with E-state index in [1.54, 1.807) is 11.3 Å². The van der Waals surface area contributed by atoms with Crippen molar-refractivity contribution in [1.82, 2.24) is 4.98 Å². The lowest BCUT2D eigenvalue weighted by molar-refractivity contribution is -0.384. The molecule has 0 aliphatic carbocycles. The van der Waals surface area contributed by atoms with Gasteiger partial charge in [-0.05, 0) is 19.4 Å². The van der Waals surface area contributed by atoms with Gasteiger partial charge in [0.1, 0.15) is 5.01 Å². The number of aromatic nitrogens is 1. The highest BCUT2D eigenvalue weighted by molar-refractivity contribution is 7.09. The maximum absolute atomic E-state index is 10.8. The summed E-state index contributed by atoms with van der Waals surface area (Å²) in [5.41, 5.74) is 2.57. The Morgan fingerprint density at radius 3 is 2.65 bits per heavy atom. The summed E-state index contributed by atoms with van der Waals surface area (Å²) in [6, 6.07) is 2.91. The molecular formula is C13H14ClN3O2S. The molecule has 0 amide bonds. The fraction of sp³-hybridized carbons (Fsp3) is 0.308. The molecule has 1 aromatic heterocycles. The van der Waals surface area contributed by atoms with Gasteiger partial charge in [0.25, 0.3) is 5.69 Å². The molecule has 0 N–H and O–H groups in total. The highest BCUT2D eigenvalue weighted by Gasteiger charge is 2.17. The minimum atomic E-state index is -0.438. The quantitative estimate of drug-likeness (QED) is 0.633. The van der Waals surface area contributed by atoms with E-state index in [2.05, 4.69) is 4.98 Å². The van der Waals surface area contributed by atoms with Crippen molar-refractivity contribution in [1.29, 1.82) is 0 Å². The lowest BCUT2D eigenvalue weighted by Gasteiger charge is -2.21. The van der Waals surface area contributed by atoms with E-state index >= 15 is 0 Å². The van der Waals surface area contributed by atoms with Crippen LogP contribution < -0.4 is 4.90 Å². The van der Waals surface area contributed by atoms with Gasteiger partial charge < -0.3 is 4.90 Å². The molecule has 0 aliphatic rings. The summed E-state index contributed by atoms with van der Waals surface area (Å²) in [7, 11) is 1.90. The molecule has 1 aromatic carbocycles. The molecule has 0 saturated carbocycles. The Labute approximate surface area is 126 Å². The number of aryl methyl sites for hydroxylation is 2. The molecule has 0 radical (unpaired) electrons. The summed E-state index contributed by atoms with van der Waals surface area (Å²) in [6.45, 7) is 4.39. The Morgan fingerprint density at radius 2 is 2.15 bits per heavy atom.